The molecule has 2 unspecified atom stereocenters. The zero-order valence-corrected chi connectivity index (χ0v) is 9.58. The number of non-ortho nitro benzene ring substituents is 1. The summed E-state index contributed by atoms with van der Waals surface area (Å²) in [6, 6.07) is 6.05. The Labute approximate surface area is 98.4 Å². The van der Waals surface area contributed by atoms with Gasteiger partial charge in [-0.15, -0.1) is 0 Å². The smallest absolute Gasteiger partial charge is 0.269 e. The maximum absolute atomic E-state index is 11.6. The number of hydrogen-bond acceptors (Lipinski definition) is 4. The van der Waals surface area contributed by atoms with Gasteiger partial charge in [0.25, 0.3) is 5.69 Å². The van der Waals surface area contributed by atoms with Crippen LogP contribution in [0.4, 0.5) is 5.69 Å². The molecule has 1 aliphatic rings. The second-order valence-corrected chi connectivity index (χ2v) is 4.09. The summed E-state index contributed by atoms with van der Waals surface area (Å²) in [5.41, 5.74) is 0.754. The Kier molecular flexibility index (Phi) is 2.81. The lowest BCUT2D eigenvalue weighted by molar-refractivity contribution is -0.385. The molecule has 6 nitrogen and oxygen atoms in total. The molecule has 1 heterocycles. The number of likely N-dealkylation sites (N-methyl/N-ethyl adjacent to an activating group) is 1. The minimum absolute atomic E-state index is 0.0125. The van der Waals surface area contributed by atoms with E-state index in [0.717, 1.165) is 5.56 Å². The highest BCUT2D eigenvalue weighted by molar-refractivity contribution is 5.83. The maximum Gasteiger partial charge on any atom is 0.269 e. The average Bonchev–Trinajstić information content (AvgIpc) is 2.57. The fraction of sp³-hybridized carbons (Fsp3) is 0.364. The number of hydrogen-bond donors (Lipinski definition) is 1. The molecule has 0 saturated carbocycles. The second kappa shape index (κ2) is 4.14. The maximum atomic E-state index is 11.6. The van der Waals surface area contributed by atoms with E-state index >= 15 is 0 Å². The zero-order valence-electron chi connectivity index (χ0n) is 9.58. The van der Waals surface area contributed by atoms with Crippen molar-refractivity contribution in [2.24, 2.45) is 0 Å². The summed E-state index contributed by atoms with van der Waals surface area (Å²) in [6.45, 7) is 1.77. The van der Waals surface area contributed by atoms with Crippen LogP contribution in [0.3, 0.4) is 0 Å². The summed E-state index contributed by atoms with van der Waals surface area (Å²) in [5, 5.41) is 13.8. The van der Waals surface area contributed by atoms with Crippen LogP contribution >= 0.6 is 0 Å². The van der Waals surface area contributed by atoms with Crippen LogP contribution in [0.2, 0.25) is 0 Å². The fourth-order valence-corrected chi connectivity index (χ4v) is 1.98. The summed E-state index contributed by atoms with van der Waals surface area (Å²) < 4.78 is 0. The van der Waals surface area contributed by atoms with Gasteiger partial charge in [-0.1, -0.05) is 12.1 Å². The van der Waals surface area contributed by atoms with Crippen LogP contribution in [0.5, 0.6) is 0 Å². The normalized spacial score (nSPS) is 24.1. The summed E-state index contributed by atoms with van der Waals surface area (Å²) in [4.78, 5) is 23.4. The van der Waals surface area contributed by atoms with Crippen LogP contribution in [-0.4, -0.2) is 28.8 Å². The minimum atomic E-state index is -0.441. The minimum Gasteiger partial charge on any atom is -0.325 e. The summed E-state index contributed by atoms with van der Waals surface area (Å²) in [6.07, 6.45) is -0.294. The van der Waals surface area contributed by atoms with Crippen molar-refractivity contribution in [3.05, 3.63) is 39.9 Å². The third kappa shape index (κ3) is 1.99. The summed E-state index contributed by atoms with van der Waals surface area (Å²) in [7, 11) is 1.68. The zero-order chi connectivity index (χ0) is 12.6. The van der Waals surface area contributed by atoms with Gasteiger partial charge in [0.05, 0.1) is 11.0 Å². The number of nitrogens with one attached hydrogen (secondary N) is 1. The van der Waals surface area contributed by atoms with E-state index in [9.17, 15) is 14.9 Å². The molecule has 1 aromatic carbocycles. The van der Waals surface area contributed by atoms with Gasteiger partial charge in [0.2, 0.25) is 5.91 Å². The van der Waals surface area contributed by atoms with Crippen molar-refractivity contribution in [2.75, 3.05) is 7.05 Å². The Morgan fingerprint density at radius 3 is 2.71 bits per heavy atom. The molecule has 1 amide bonds. The lowest BCUT2D eigenvalue weighted by Gasteiger charge is -2.19. The fourth-order valence-electron chi connectivity index (χ4n) is 1.98. The van der Waals surface area contributed by atoms with Gasteiger partial charge in [-0.05, 0) is 12.5 Å². The second-order valence-electron chi connectivity index (χ2n) is 4.09. The van der Waals surface area contributed by atoms with Crippen molar-refractivity contribution >= 4 is 11.6 Å². The number of rotatable bonds is 2. The third-order valence-corrected chi connectivity index (χ3v) is 2.91. The Bertz CT molecular complexity index is 475. The molecular formula is C11H13N3O3. The van der Waals surface area contributed by atoms with Crippen LogP contribution in [0, 0.1) is 10.1 Å². The van der Waals surface area contributed by atoms with Gasteiger partial charge in [-0.3, -0.25) is 20.2 Å². The van der Waals surface area contributed by atoms with Crippen LogP contribution in [0.25, 0.3) is 0 Å². The first-order valence-electron chi connectivity index (χ1n) is 5.28. The predicted molar refractivity (Wildman–Crippen MR) is 61.2 cm³/mol. The Morgan fingerprint density at radius 2 is 2.18 bits per heavy atom. The van der Waals surface area contributed by atoms with E-state index in [4.69, 9.17) is 0 Å². The molecule has 1 saturated heterocycles. The van der Waals surface area contributed by atoms with Gasteiger partial charge in [0.1, 0.15) is 6.17 Å². The highest BCUT2D eigenvalue weighted by atomic mass is 16.6. The molecule has 17 heavy (non-hydrogen) atoms. The number of benzene rings is 1. The molecule has 0 aliphatic carbocycles. The predicted octanol–water partition coefficient (Wildman–Crippen LogP) is 1.04. The third-order valence-electron chi connectivity index (χ3n) is 2.91. The standard InChI is InChI=1S/C11H13N3O3/c1-7-11(15)13(2)10(12-7)8-4-3-5-9(6-8)14(16)17/h3-7,10,12H,1-2H3. The van der Waals surface area contributed by atoms with Crippen molar-refractivity contribution in [1.29, 1.82) is 0 Å². The number of carbonyl (C=O) groups is 1. The van der Waals surface area contributed by atoms with Crippen molar-refractivity contribution < 1.29 is 9.72 Å². The quantitative estimate of drug-likeness (QED) is 0.614. The molecule has 0 aromatic heterocycles. The Balaban J connectivity index is 2.32. The first-order chi connectivity index (χ1) is 8.00. The molecule has 2 atom stereocenters. The van der Waals surface area contributed by atoms with Gasteiger partial charge in [0, 0.05) is 19.2 Å². The van der Waals surface area contributed by atoms with E-state index in [-0.39, 0.29) is 23.8 Å². The molecule has 1 fully saturated rings. The van der Waals surface area contributed by atoms with Gasteiger partial charge >= 0.3 is 0 Å². The van der Waals surface area contributed by atoms with Gasteiger partial charge in [-0.2, -0.15) is 0 Å². The molecular weight excluding hydrogens is 222 g/mol. The molecule has 0 bridgehead atoms. The van der Waals surface area contributed by atoms with Crippen LogP contribution in [-0.2, 0) is 4.79 Å². The molecule has 2 rings (SSSR count). The highest BCUT2D eigenvalue weighted by Crippen LogP contribution is 2.26. The van der Waals surface area contributed by atoms with Gasteiger partial charge in [-0.25, -0.2) is 0 Å². The average molecular weight is 235 g/mol. The Hall–Kier alpha value is -1.95. The van der Waals surface area contributed by atoms with Crippen LogP contribution < -0.4 is 5.32 Å². The van der Waals surface area contributed by atoms with Crippen molar-refractivity contribution in [2.45, 2.75) is 19.1 Å². The monoisotopic (exact) mass is 235 g/mol. The lowest BCUT2D eigenvalue weighted by Crippen LogP contribution is -2.25. The molecule has 1 aliphatic heterocycles. The van der Waals surface area contributed by atoms with E-state index in [1.807, 2.05) is 0 Å². The van der Waals surface area contributed by atoms with Crippen LogP contribution in [0.1, 0.15) is 18.7 Å². The van der Waals surface area contributed by atoms with E-state index < -0.39 is 4.92 Å². The number of nitro groups is 1. The topological polar surface area (TPSA) is 75.5 Å². The van der Waals surface area contributed by atoms with Crippen molar-refractivity contribution in [1.82, 2.24) is 10.2 Å². The summed E-state index contributed by atoms with van der Waals surface area (Å²) in [5.74, 6) is -0.0125. The lowest BCUT2D eigenvalue weighted by atomic mass is 10.1. The SMILES string of the molecule is CC1NC(c2cccc([N+](=O)[O-])c2)N(C)C1=O. The molecule has 90 valence electrons. The largest absolute Gasteiger partial charge is 0.325 e. The number of nitro benzene ring substituents is 1. The van der Waals surface area contributed by atoms with E-state index in [0.29, 0.717) is 0 Å². The first kappa shape index (κ1) is 11.5. The molecule has 6 heteroatoms. The van der Waals surface area contributed by atoms with Gasteiger partial charge < -0.3 is 4.90 Å². The highest BCUT2D eigenvalue weighted by Gasteiger charge is 2.34. The number of carbonyl (C=O) groups excluding carboxylic acids is 1. The van der Waals surface area contributed by atoms with E-state index in [1.165, 1.54) is 12.1 Å². The van der Waals surface area contributed by atoms with Crippen LogP contribution in [0.15, 0.2) is 24.3 Å². The molecule has 1 aromatic rings. The number of amides is 1. The van der Waals surface area contributed by atoms with Gasteiger partial charge in [0.15, 0.2) is 0 Å². The first-order valence-corrected chi connectivity index (χ1v) is 5.28. The van der Waals surface area contributed by atoms with Crippen molar-refractivity contribution in [3.8, 4) is 0 Å². The van der Waals surface area contributed by atoms with E-state index in [1.54, 1.807) is 31.0 Å². The molecule has 0 spiro atoms. The molecule has 0 radical (unpaired) electrons. The Morgan fingerprint density at radius 1 is 1.47 bits per heavy atom. The van der Waals surface area contributed by atoms with Crippen molar-refractivity contribution in [3.63, 3.8) is 0 Å². The number of nitrogens with zero attached hydrogens (tertiary/aromatic N) is 2. The summed E-state index contributed by atoms with van der Waals surface area (Å²) >= 11 is 0. The van der Waals surface area contributed by atoms with E-state index in [2.05, 4.69) is 5.32 Å². The molecule has 1 N–H and O–H groups in total.